The molecule has 0 aliphatic rings. The molecule has 0 unspecified atom stereocenters. The number of nitrogens with zero attached hydrogens (tertiary/aromatic N) is 2. The fourth-order valence-corrected chi connectivity index (χ4v) is 2.40. The van der Waals surface area contributed by atoms with Gasteiger partial charge in [0, 0.05) is 11.1 Å². The SMILES string of the molecule is COC(=O)C=C(OC)c1ccccc1C=NN=C(C)c1cccc(C(F)(F)F)c1. The van der Waals surface area contributed by atoms with Crippen molar-refractivity contribution in [1.82, 2.24) is 0 Å². The molecule has 0 saturated heterocycles. The summed E-state index contributed by atoms with van der Waals surface area (Å²) in [7, 11) is 2.67. The number of rotatable bonds is 6. The molecule has 0 amide bonds. The molecule has 0 atom stereocenters. The second kappa shape index (κ2) is 9.68. The van der Waals surface area contributed by atoms with Gasteiger partial charge in [0.1, 0.15) is 5.76 Å². The van der Waals surface area contributed by atoms with Gasteiger partial charge in [-0.3, -0.25) is 0 Å². The second-order valence-electron chi connectivity index (χ2n) is 5.83. The van der Waals surface area contributed by atoms with E-state index in [1.807, 2.05) is 0 Å². The number of carbonyl (C=O) groups is 1. The molecule has 0 aromatic heterocycles. The van der Waals surface area contributed by atoms with Crippen LogP contribution in [0.15, 0.2) is 64.8 Å². The van der Waals surface area contributed by atoms with Crippen molar-refractivity contribution in [2.45, 2.75) is 13.1 Å². The first kappa shape index (κ1) is 21.9. The van der Waals surface area contributed by atoms with Crippen molar-refractivity contribution < 1.29 is 27.4 Å². The molecule has 0 N–H and O–H groups in total. The Labute approximate surface area is 166 Å². The van der Waals surface area contributed by atoms with Gasteiger partial charge in [0.05, 0.1) is 37.8 Å². The molecule has 152 valence electrons. The van der Waals surface area contributed by atoms with Crippen molar-refractivity contribution in [1.29, 1.82) is 0 Å². The first-order valence-electron chi connectivity index (χ1n) is 8.44. The van der Waals surface area contributed by atoms with Crippen molar-refractivity contribution in [2.24, 2.45) is 10.2 Å². The Morgan fingerprint density at radius 2 is 1.76 bits per heavy atom. The lowest BCUT2D eigenvalue weighted by molar-refractivity contribution is -0.137. The number of ether oxygens (including phenoxy) is 2. The summed E-state index contributed by atoms with van der Waals surface area (Å²) in [6.45, 7) is 1.57. The lowest BCUT2D eigenvalue weighted by Gasteiger charge is -2.09. The van der Waals surface area contributed by atoms with E-state index < -0.39 is 17.7 Å². The topological polar surface area (TPSA) is 60.2 Å². The van der Waals surface area contributed by atoms with Gasteiger partial charge in [0.25, 0.3) is 0 Å². The first-order chi connectivity index (χ1) is 13.8. The number of carbonyl (C=O) groups excluding carboxylic acids is 1. The van der Waals surface area contributed by atoms with Crippen molar-refractivity contribution >= 4 is 23.7 Å². The highest BCUT2D eigenvalue weighted by atomic mass is 19.4. The third-order valence-electron chi connectivity index (χ3n) is 3.91. The minimum atomic E-state index is -4.43. The molecular weight excluding hydrogens is 385 g/mol. The van der Waals surface area contributed by atoms with Crippen LogP contribution >= 0.6 is 0 Å². The lowest BCUT2D eigenvalue weighted by Crippen LogP contribution is -2.06. The number of hydrogen-bond donors (Lipinski definition) is 0. The fourth-order valence-electron chi connectivity index (χ4n) is 2.40. The second-order valence-corrected chi connectivity index (χ2v) is 5.83. The minimum Gasteiger partial charge on any atom is -0.496 e. The van der Waals surface area contributed by atoms with E-state index in [9.17, 15) is 18.0 Å². The highest BCUT2D eigenvalue weighted by Gasteiger charge is 2.30. The number of halogens is 3. The molecule has 29 heavy (non-hydrogen) atoms. The molecule has 0 heterocycles. The molecule has 5 nitrogen and oxygen atoms in total. The summed E-state index contributed by atoms with van der Waals surface area (Å²) in [5.74, 6) is -0.301. The maximum atomic E-state index is 12.9. The van der Waals surface area contributed by atoms with Gasteiger partial charge in [-0.15, -0.1) is 0 Å². The van der Waals surface area contributed by atoms with Crippen LogP contribution in [0.25, 0.3) is 5.76 Å². The van der Waals surface area contributed by atoms with Gasteiger partial charge >= 0.3 is 12.1 Å². The Morgan fingerprint density at radius 3 is 2.41 bits per heavy atom. The molecule has 2 aromatic rings. The van der Waals surface area contributed by atoms with Crippen LogP contribution in [0.2, 0.25) is 0 Å². The molecule has 8 heteroatoms. The average molecular weight is 404 g/mol. The maximum Gasteiger partial charge on any atom is 0.416 e. The van der Waals surface area contributed by atoms with E-state index in [4.69, 9.17) is 4.74 Å². The summed E-state index contributed by atoms with van der Waals surface area (Å²) in [5, 5.41) is 7.95. The van der Waals surface area contributed by atoms with Crippen molar-refractivity contribution in [3.63, 3.8) is 0 Å². The van der Waals surface area contributed by atoms with Gasteiger partial charge in [-0.2, -0.15) is 23.4 Å². The minimum absolute atomic E-state index is 0.275. The van der Waals surface area contributed by atoms with E-state index in [1.165, 1.54) is 38.6 Å². The summed E-state index contributed by atoms with van der Waals surface area (Å²) >= 11 is 0. The van der Waals surface area contributed by atoms with Gasteiger partial charge in [-0.25, -0.2) is 4.79 Å². The summed E-state index contributed by atoms with van der Waals surface area (Å²) in [5.41, 5.74) is 1.06. The van der Waals surface area contributed by atoms with Crippen LogP contribution in [0.4, 0.5) is 13.2 Å². The normalized spacial score (nSPS) is 12.9. The van der Waals surface area contributed by atoms with Crippen LogP contribution in [-0.2, 0) is 20.4 Å². The molecule has 0 aliphatic heterocycles. The van der Waals surface area contributed by atoms with Crippen molar-refractivity contribution in [3.05, 3.63) is 76.9 Å². The fraction of sp³-hybridized carbons (Fsp3) is 0.190. The van der Waals surface area contributed by atoms with Gasteiger partial charge in [0.2, 0.25) is 0 Å². The van der Waals surface area contributed by atoms with E-state index in [1.54, 1.807) is 31.2 Å². The van der Waals surface area contributed by atoms with Gasteiger partial charge in [-0.1, -0.05) is 36.4 Å². The molecule has 2 rings (SSSR count). The monoisotopic (exact) mass is 404 g/mol. The maximum absolute atomic E-state index is 12.9. The van der Waals surface area contributed by atoms with Crippen LogP contribution in [-0.4, -0.2) is 32.1 Å². The predicted molar refractivity (Wildman–Crippen MR) is 105 cm³/mol. The Kier molecular flexibility index (Phi) is 7.30. The molecule has 0 radical (unpaired) electrons. The molecule has 0 saturated carbocycles. The summed E-state index contributed by atoms with van der Waals surface area (Å²) in [4.78, 5) is 11.5. The zero-order valence-corrected chi connectivity index (χ0v) is 16.0. The zero-order valence-electron chi connectivity index (χ0n) is 16.0. The zero-order chi connectivity index (χ0) is 21.4. The summed E-state index contributed by atoms with van der Waals surface area (Å²) in [6, 6.07) is 11.8. The number of alkyl halides is 3. The van der Waals surface area contributed by atoms with Gasteiger partial charge < -0.3 is 9.47 Å². The largest absolute Gasteiger partial charge is 0.496 e. The van der Waals surface area contributed by atoms with E-state index in [-0.39, 0.29) is 5.76 Å². The summed E-state index contributed by atoms with van der Waals surface area (Å²) in [6.07, 6.45) is -1.80. The standard InChI is InChI=1S/C21H19F3N2O3/c1-14(15-8-6-9-17(11-15)21(22,23)24)26-25-13-16-7-4-5-10-18(16)19(28-2)12-20(27)29-3/h4-13H,1-3H3. The van der Waals surface area contributed by atoms with Gasteiger partial charge in [0.15, 0.2) is 0 Å². The Balaban J connectivity index is 2.31. The molecule has 0 spiro atoms. The molecule has 0 fully saturated rings. The Hall–Kier alpha value is -3.42. The molecule has 0 bridgehead atoms. The third-order valence-corrected chi connectivity index (χ3v) is 3.91. The van der Waals surface area contributed by atoms with Crippen LogP contribution < -0.4 is 0 Å². The van der Waals surface area contributed by atoms with E-state index in [0.29, 0.717) is 22.4 Å². The quantitative estimate of drug-likeness (QED) is 0.230. The number of benzene rings is 2. The molecular formula is C21H19F3N2O3. The van der Waals surface area contributed by atoms with Crippen LogP contribution in [0.3, 0.4) is 0 Å². The van der Waals surface area contributed by atoms with Crippen molar-refractivity contribution in [2.75, 3.05) is 14.2 Å². The molecule has 0 aliphatic carbocycles. The lowest BCUT2D eigenvalue weighted by atomic mass is 10.1. The van der Waals surface area contributed by atoms with Crippen LogP contribution in [0, 0.1) is 0 Å². The smallest absolute Gasteiger partial charge is 0.416 e. The highest BCUT2D eigenvalue weighted by Crippen LogP contribution is 2.29. The van der Waals surface area contributed by atoms with E-state index in [0.717, 1.165) is 12.1 Å². The van der Waals surface area contributed by atoms with E-state index in [2.05, 4.69) is 14.9 Å². The highest BCUT2D eigenvalue weighted by molar-refractivity contribution is 5.99. The third kappa shape index (κ3) is 6.03. The Bertz CT molecular complexity index is 964. The van der Waals surface area contributed by atoms with Crippen LogP contribution in [0.5, 0.6) is 0 Å². The number of hydrogen-bond acceptors (Lipinski definition) is 5. The summed E-state index contributed by atoms with van der Waals surface area (Å²) < 4.78 is 48.4. The average Bonchev–Trinajstić information content (AvgIpc) is 2.71. The van der Waals surface area contributed by atoms with Crippen molar-refractivity contribution in [3.8, 4) is 0 Å². The number of esters is 1. The van der Waals surface area contributed by atoms with E-state index >= 15 is 0 Å². The first-order valence-corrected chi connectivity index (χ1v) is 8.44. The predicted octanol–water partition coefficient (Wildman–Crippen LogP) is 4.71. The van der Waals surface area contributed by atoms with Crippen LogP contribution in [0.1, 0.15) is 29.2 Å². The number of methoxy groups -OCH3 is 2. The Morgan fingerprint density at radius 1 is 1.03 bits per heavy atom. The molecule has 2 aromatic carbocycles. The van der Waals surface area contributed by atoms with Gasteiger partial charge in [-0.05, 0) is 24.6 Å².